The molecule has 2 N–H and O–H groups in total. The fourth-order valence-electron chi connectivity index (χ4n) is 2.52. The van der Waals surface area contributed by atoms with Gasteiger partial charge in [-0.05, 0) is 49.2 Å². The Morgan fingerprint density at radius 1 is 0.960 bits per heavy atom. The van der Waals surface area contributed by atoms with Crippen LogP contribution in [0.4, 0.5) is 0 Å². The average molecular weight is 355 g/mol. The molecule has 0 fully saturated rings. The summed E-state index contributed by atoms with van der Waals surface area (Å²) >= 11 is 4.69. The van der Waals surface area contributed by atoms with Crippen LogP contribution in [-0.4, -0.2) is 32.8 Å². The predicted molar refractivity (Wildman–Crippen MR) is 111 cm³/mol. The molecule has 0 bridgehead atoms. The second kappa shape index (κ2) is 12.1. The molecule has 0 aromatic heterocycles. The molecule has 0 saturated heterocycles. The third kappa shape index (κ3) is 6.61. The fraction of sp³-hybridized carbons (Fsp3) is 0.238. The lowest BCUT2D eigenvalue weighted by Crippen LogP contribution is -2.09. The highest BCUT2D eigenvalue weighted by Gasteiger charge is 2.18. The highest BCUT2D eigenvalue weighted by Crippen LogP contribution is 2.32. The van der Waals surface area contributed by atoms with E-state index in [9.17, 15) is 4.79 Å². The van der Waals surface area contributed by atoms with E-state index in [0.717, 1.165) is 36.0 Å². The first-order chi connectivity index (χ1) is 12.2. The summed E-state index contributed by atoms with van der Waals surface area (Å²) in [5.74, 6) is 0. The molecule has 0 aliphatic heterocycles. The summed E-state index contributed by atoms with van der Waals surface area (Å²) in [6, 6.07) is 18.1. The number of allylic oxidation sites excluding steroid dienone is 2. The van der Waals surface area contributed by atoms with E-state index < -0.39 is 0 Å². The van der Waals surface area contributed by atoms with E-state index in [-0.39, 0.29) is 0 Å². The van der Waals surface area contributed by atoms with Crippen molar-refractivity contribution in [3.05, 3.63) is 77.0 Å². The van der Waals surface area contributed by atoms with Crippen LogP contribution in [0, 0.1) is 0 Å². The molecule has 4 heteroatoms. The number of rotatable bonds is 3. The Hall–Kier alpha value is -2.30. The third-order valence-electron chi connectivity index (χ3n) is 3.63. The minimum Gasteiger partial charge on any atom is -0.385 e. The number of aryl methyl sites for hydroxylation is 1. The summed E-state index contributed by atoms with van der Waals surface area (Å²) in [6.45, 7) is 0. The van der Waals surface area contributed by atoms with Gasteiger partial charge in [-0.25, -0.2) is 0 Å². The molecule has 0 amide bonds. The molecular formula is C21H26N2OS. The van der Waals surface area contributed by atoms with E-state index in [2.05, 4.69) is 22.8 Å². The summed E-state index contributed by atoms with van der Waals surface area (Å²) in [4.78, 5) is 10.8. The smallest absolute Gasteiger partial charge is 0.166 e. The molecular weight excluding hydrogens is 328 g/mol. The van der Waals surface area contributed by atoms with Crippen LogP contribution < -0.4 is 10.6 Å². The van der Waals surface area contributed by atoms with Gasteiger partial charge >= 0.3 is 0 Å². The van der Waals surface area contributed by atoms with Crippen molar-refractivity contribution in [2.75, 3.05) is 21.1 Å². The molecule has 3 nitrogen and oxygen atoms in total. The van der Waals surface area contributed by atoms with Crippen LogP contribution in [0.3, 0.4) is 0 Å². The van der Waals surface area contributed by atoms with Gasteiger partial charge in [0, 0.05) is 12.4 Å². The van der Waals surface area contributed by atoms with Crippen LogP contribution in [0.1, 0.15) is 23.1 Å². The van der Waals surface area contributed by atoms with Crippen LogP contribution in [0.2, 0.25) is 0 Å². The van der Waals surface area contributed by atoms with E-state index in [1.807, 2.05) is 56.6 Å². The Morgan fingerprint density at radius 3 is 2.08 bits per heavy atom. The maximum Gasteiger partial charge on any atom is 0.166 e. The third-order valence-corrected chi connectivity index (χ3v) is 3.91. The highest BCUT2D eigenvalue weighted by atomic mass is 32.1. The minimum absolute atomic E-state index is 0.718. The molecule has 1 aliphatic carbocycles. The molecule has 3 rings (SSSR count). The number of benzene rings is 2. The van der Waals surface area contributed by atoms with Crippen LogP contribution >= 0.6 is 12.2 Å². The molecule has 0 heterocycles. The molecule has 25 heavy (non-hydrogen) atoms. The van der Waals surface area contributed by atoms with Crippen molar-refractivity contribution in [3.8, 4) is 0 Å². The first kappa shape index (κ1) is 20.7. The van der Waals surface area contributed by atoms with Gasteiger partial charge in [0.1, 0.15) is 0 Å². The molecule has 132 valence electrons. The number of carbonyl (C=O) groups is 1. The quantitative estimate of drug-likeness (QED) is 0.502. The van der Waals surface area contributed by atoms with Crippen molar-refractivity contribution < 1.29 is 4.79 Å². The number of hydrogen-bond acceptors (Lipinski definition) is 4. The molecule has 1 aliphatic rings. The number of thiocarbonyl (C=S) groups is 1. The number of carbonyl (C=O) groups excluding carboxylic acids is 1. The lowest BCUT2D eigenvalue weighted by molar-refractivity contribution is -0.105. The maximum absolute atomic E-state index is 10.8. The molecule has 0 spiro atoms. The number of hydrogen-bond donors (Lipinski definition) is 2. The van der Waals surface area contributed by atoms with E-state index in [1.54, 1.807) is 12.4 Å². The second-order valence-corrected chi connectivity index (χ2v) is 5.68. The zero-order valence-corrected chi connectivity index (χ0v) is 15.9. The normalized spacial score (nSPS) is 13.2. The number of aldehydes is 1. The van der Waals surface area contributed by atoms with Crippen LogP contribution in [0.25, 0.3) is 5.57 Å². The van der Waals surface area contributed by atoms with Crippen molar-refractivity contribution in [1.29, 1.82) is 0 Å². The summed E-state index contributed by atoms with van der Waals surface area (Å²) < 4.78 is 0. The van der Waals surface area contributed by atoms with Crippen molar-refractivity contribution in [3.63, 3.8) is 0 Å². The van der Waals surface area contributed by atoms with Gasteiger partial charge in [-0.2, -0.15) is 0 Å². The Bertz CT molecular complexity index is 696. The van der Waals surface area contributed by atoms with Crippen LogP contribution in [0.5, 0.6) is 0 Å². The van der Waals surface area contributed by atoms with E-state index >= 15 is 0 Å². The van der Waals surface area contributed by atoms with Crippen molar-refractivity contribution in [2.24, 2.45) is 0 Å². The van der Waals surface area contributed by atoms with Gasteiger partial charge in [0.25, 0.3) is 0 Å². The van der Waals surface area contributed by atoms with Gasteiger partial charge in [-0.1, -0.05) is 66.8 Å². The largest absolute Gasteiger partial charge is 0.385 e. The lowest BCUT2D eigenvalue weighted by atomic mass is 10.1. The molecule has 0 unspecified atom stereocenters. The molecule has 2 aromatic rings. The number of nitrogens with one attached hydrogen (secondary N) is 2. The average Bonchev–Trinajstić information content (AvgIpc) is 3.09. The Kier molecular flexibility index (Phi) is 10.1. The van der Waals surface area contributed by atoms with Gasteiger partial charge in [-0.3, -0.25) is 4.79 Å². The summed E-state index contributed by atoms with van der Waals surface area (Å²) in [6.07, 6.45) is 2.91. The minimum atomic E-state index is 0.718. The zero-order chi connectivity index (χ0) is 18.5. The van der Waals surface area contributed by atoms with E-state index in [4.69, 9.17) is 12.2 Å². The molecule has 0 saturated carbocycles. The standard InChI is InChI=1S/C12H13NO.C7H6S.C2H7N/c1-13-12(8-14)11-7-6-9-4-2-3-5-10(9)11;8-6-7-4-2-1-3-5-7;1-3-2/h2-5,8,13H,6-7H2,1H3;1-6H;3H,1-2H3/b12-11-;;. The summed E-state index contributed by atoms with van der Waals surface area (Å²) in [7, 11) is 5.54. The SMILES string of the molecule is CN/C(C=O)=C1/CCc2ccccc21.CNC.S=Cc1ccccc1. The maximum atomic E-state index is 10.8. The van der Waals surface area contributed by atoms with Gasteiger partial charge in [0.05, 0.1) is 5.70 Å². The van der Waals surface area contributed by atoms with Gasteiger partial charge in [0.2, 0.25) is 0 Å². The topological polar surface area (TPSA) is 41.1 Å². The predicted octanol–water partition coefficient (Wildman–Crippen LogP) is 3.63. The zero-order valence-electron chi connectivity index (χ0n) is 15.1. The Labute approximate surface area is 156 Å². The lowest BCUT2D eigenvalue weighted by Gasteiger charge is -2.05. The summed E-state index contributed by atoms with van der Waals surface area (Å²) in [5, 5.41) is 7.36. The van der Waals surface area contributed by atoms with Gasteiger partial charge < -0.3 is 10.6 Å². The number of fused-ring (bicyclic) bond motifs is 1. The monoisotopic (exact) mass is 354 g/mol. The summed E-state index contributed by atoms with van der Waals surface area (Å²) in [5.41, 5.74) is 5.54. The van der Waals surface area contributed by atoms with Crippen molar-refractivity contribution in [1.82, 2.24) is 10.6 Å². The Balaban J connectivity index is 0.000000241. The van der Waals surface area contributed by atoms with Crippen LogP contribution in [0.15, 0.2) is 60.3 Å². The van der Waals surface area contributed by atoms with Gasteiger partial charge in [-0.15, -0.1) is 0 Å². The van der Waals surface area contributed by atoms with E-state index in [0.29, 0.717) is 0 Å². The molecule has 0 radical (unpaired) electrons. The first-order valence-corrected chi connectivity index (χ1v) is 8.72. The van der Waals surface area contributed by atoms with Crippen LogP contribution in [-0.2, 0) is 11.2 Å². The fourth-order valence-corrected chi connectivity index (χ4v) is 2.68. The first-order valence-electron chi connectivity index (χ1n) is 8.24. The van der Waals surface area contributed by atoms with Crippen molar-refractivity contribution in [2.45, 2.75) is 12.8 Å². The molecule has 0 atom stereocenters. The second-order valence-electron chi connectivity index (χ2n) is 5.45. The van der Waals surface area contributed by atoms with E-state index in [1.165, 1.54) is 11.1 Å². The molecule has 2 aromatic carbocycles. The highest BCUT2D eigenvalue weighted by molar-refractivity contribution is 7.79. The number of likely N-dealkylation sites (N-methyl/N-ethyl adjacent to an activating group) is 1. The van der Waals surface area contributed by atoms with Crippen molar-refractivity contribution >= 4 is 29.4 Å². The Morgan fingerprint density at radius 2 is 1.56 bits per heavy atom. The van der Waals surface area contributed by atoms with Gasteiger partial charge in [0.15, 0.2) is 6.29 Å².